The summed E-state index contributed by atoms with van der Waals surface area (Å²) in [6, 6.07) is 7.44. The van der Waals surface area contributed by atoms with Gasteiger partial charge in [-0.1, -0.05) is 6.07 Å². The minimum atomic E-state index is 0.684. The van der Waals surface area contributed by atoms with Crippen molar-refractivity contribution in [1.29, 1.82) is 0 Å². The van der Waals surface area contributed by atoms with E-state index in [2.05, 4.69) is 47.4 Å². The van der Waals surface area contributed by atoms with Gasteiger partial charge in [-0.05, 0) is 57.5 Å². The maximum atomic E-state index is 3.54. The van der Waals surface area contributed by atoms with Gasteiger partial charge in [0.25, 0.3) is 0 Å². The summed E-state index contributed by atoms with van der Waals surface area (Å²) in [6.07, 6.45) is 5.14. The standard InChI is InChI=1S/C16H25N3/c1-18(2)12-13-6-5-11-19(13)16-9-3-8-15-14(16)7-4-10-17-15/h3,8-9,13,17H,4-7,10-12H2,1-2H3. The number of hydrogen-bond donors (Lipinski definition) is 1. The van der Waals surface area contributed by atoms with Crippen LogP contribution in [-0.4, -0.2) is 44.7 Å². The van der Waals surface area contributed by atoms with Crippen molar-refractivity contribution in [3.8, 4) is 0 Å². The molecule has 0 bridgehead atoms. The number of rotatable bonds is 3. The Hall–Kier alpha value is -1.22. The molecule has 0 radical (unpaired) electrons. The van der Waals surface area contributed by atoms with Crippen LogP contribution in [-0.2, 0) is 6.42 Å². The molecule has 1 unspecified atom stereocenters. The molecule has 0 spiro atoms. The van der Waals surface area contributed by atoms with Crippen molar-refractivity contribution in [2.45, 2.75) is 31.7 Å². The normalized spacial score (nSPS) is 22.5. The Morgan fingerprint density at radius 3 is 3.05 bits per heavy atom. The first kappa shape index (κ1) is 12.8. The molecule has 3 heteroatoms. The molecule has 2 heterocycles. The molecule has 3 nitrogen and oxygen atoms in total. The second-order valence-corrected chi connectivity index (χ2v) is 6.09. The second-order valence-electron chi connectivity index (χ2n) is 6.09. The van der Waals surface area contributed by atoms with Crippen molar-refractivity contribution in [2.24, 2.45) is 0 Å². The third-order valence-corrected chi connectivity index (χ3v) is 4.33. The van der Waals surface area contributed by atoms with E-state index in [9.17, 15) is 0 Å². The number of nitrogens with zero attached hydrogens (tertiary/aromatic N) is 2. The van der Waals surface area contributed by atoms with E-state index in [-0.39, 0.29) is 0 Å². The van der Waals surface area contributed by atoms with E-state index in [0.717, 1.165) is 13.1 Å². The SMILES string of the molecule is CN(C)CC1CCCN1c1cccc2c1CCCN2. The Morgan fingerprint density at radius 2 is 2.21 bits per heavy atom. The summed E-state index contributed by atoms with van der Waals surface area (Å²) in [5.74, 6) is 0. The summed E-state index contributed by atoms with van der Waals surface area (Å²) in [4.78, 5) is 4.96. The molecule has 2 aliphatic heterocycles. The van der Waals surface area contributed by atoms with E-state index in [4.69, 9.17) is 0 Å². The highest BCUT2D eigenvalue weighted by Gasteiger charge is 2.27. The minimum absolute atomic E-state index is 0.684. The lowest BCUT2D eigenvalue weighted by Gasteiger charge is -2.32. The maximum Gasteiger partial charge on any atom is 0.0422 e. The first-order valence-corrected chi connectivity index (χ1v) is 7.53. The number of benzene rings is 1. The molecule has 1 fully saturated rings. The van der Waals surface area contributed by atoms with E-state index in [1.807, 2.05) is 0 Å². The van der Waals surface area contributed by atoms with Crippen LogP contribution in [0.25, 0.3) is 0 Å². The molecule has 19 heavy (non-hydrogen) atoms. The Kier molecular flexibility index (Phi) is 3.65. The zero-order valence-electron chi connectivity index (χ0n) is 12.2. The van der Waals surface area contributed by atoms with Crippen molar-refractivity contribution in [1.82, 2.24) is 4.90 Å². The van der Waals surface area contributed by atoms with Crippen molar-refractivity contribution in [2.75, 3.05) is 43.9 Å². The fourth-order valence-corrected chi connectivity index (χ4v) is 3.52. The van der Waals surface area contributed by atoms with Gasteiger partial charge in [0.2, 0.25) is 0 Å². The van der Waals surface area contributed by atoms with Crippen molar-refractivity contribution >= 4 is 11.4 Å². The Balaban J connectivity index is 1.88. The monoisotopic (exact) mass is 259 g/mol. The summed E-state index contributed by atoms with van der Waals surface area (Å²) < 4.78 is 0. The molecule has 1 atom stereocenters. The fraction of sp³-hybridized carbons (Fsp3) is 0.625. The van der Waals surface area contributed by atoms with Gasteiger partial charge in [-0.25, -0.2) is 0 Å². The van der Waals surface area contributed by atoms with Gasteiger partial charge in [0.15, 0.2) is 0 Å². The van der Waals surface area contributed by atoms with Crippen LogP contribution in [0.4, 0.5) is 11.4 Å². The van der Waals surface area contributed by atoms with Crippen LogP contribution in [0.2, 0.25) is 0 Å². The maximum absolute atomic E-state index is 3.54. The van der Waals surface area contributed by atoms with Crippen LogP contribution in [0.3, 0.4) is 0 Å². The van der Waals surface area contributed by atoms with E-state index in [1.54, 1.807) is 5.56 Å². The summed E-state index contributed by atoms with van der Waals surface area (Å²) >= 11 is 0. The highest BCUT2D eigenvalue weighted by molar-refractivity contribution is 5.68. The molecule has 1 saturated heterocycles. The molecule has 1 aromatic rings. The third-order valence-electron chi connectivity index (χ3n) is 4.33. The van der Waals surface area contributed by atoms with Crippen LogP contribution < -0.4 is 10.2 Å². The van der Waals surface area contributed by atoms with Gasteiger partial charge >= 0.3 is 0 Å². The number of nitrogens with one attached hydrogen (secondary N) is 1. The third kappa shape index (κ3) is 2.57. The molecule has 0 amide bonds. The Morgan fingerprint density at radius 1 is 1.32 bits per heavy atom. The van der Waals surface area contributed by atoms with Gasteiger partial charge in [-0.15, -0.1) is 0 Å². The lowest BCUT2D eigenvalue weighted by Crippen LogP contribution is -2.38. The van der Waals surface area contributed by atoms with E-state index in [0.29, 0.717) is 6.04 Å². The summed E-state index contributed by atoms with van der Waals surface area (Å²) in [5, 5.41) is 3.54. The number of fused-ring (bicyclic) bond motifs is 1. The topological polar surface area (TPSA) is 18.5 Å². The van der Waals surface area contributed by atoms with Gasteiger partial charge in [-0.2, -0.15) is 0 Å². The number of hydrogen-bond acceptors (Lipinski definition) is 3. The molecule has 2 aliphatic rings. The predicted molar refractivity (Wildman–Crippen MR) is 82.2 cm³/mol. The predicted octanol–water partition coefficient (Wildman–Crippen LogP) is 2.58. The van der Waals surface area contributed by atoms with Crippen LogP contribution in [0.1, 0.15) is 24.8 Å². The first-order valence-electron chi connectivity index (χ1n) is 7.53. The highest BCUT2D eigenvalue weighted by Crippen LogP contribution is 2.35. The minimum Gasteiger partial charge on any atom is -0.385 e. The van der Waals surface area contributed by atoms with Gasteiger partial charge in [0.05, 0.1) is 0 Å². The van der Waals surface area contributed by atoms with Crippen molar-refractivity contribution in [3.05, 3.63) is 23.8 Å². The largest absolute Gasteiger partial charge is 0.385 e. The lowest BCUT2D eigenvalue weighted by molar-refractivity contribution is 0.372. The summed E-state index contributed by atoms with van der Waals surface area (Å²) in [6.45, 7) is 3.50. The Bertz CT molecular complexity index is 442. The van der Waals surface area contributed by atoms with Crippen LogP contribution in [0.5, 0.6) is 0 Å². The molecule has 0 aromatic heterocycles. The average Bonchev–Trinajstić information content (AvgIpc) is 2.85. The van der Waals surface area contributed by atoms with Crippen LogP contribution in [0, 0.1) is 0 Å². The Labute approximate surface area is 116 Å². The molecule has 1 aromatic carbocycles. The fourth-order valence-electron chi connectivity index (χ4n) is 3.52. The quantitative estimate of drug-likeness (QED) is 0.900. The van der Waals surface area contributed by atoms with Gasteiger partial charge in [0, 0.05) is 37.1 Å². The molecule has 1 N–H and O–H groups in total. The first-order chi connectivity index (χ1) is 9.25. The smallest absolute Gasteiger partial charge is 0.0422 e. The van der Waals surface area contributed by atoms with E-state index in [1.165, 1.54) is 43.6 Å². The summed E-state index contributed by atoms with van der Waals surface area (Å²) in [7, 11) is 4.36. The highest BCUT2D eigenvalue weighted by atomic mass is 15.2. The molecule has 0 aliphatic carbocycles. The molecule has 0 saturated carbocycles. The van der Waals surface area contributed by atoms with Crippen molar-refractivity contribution < 1.29 is 0 Å². The van der Waals surface area contributed by atoms with E-state index < -0.39 is 0 Å². The average molecular weight is 259 g/mol. The number of likely N-dealkylation sites (N-methyl/N-ethyl adjacent to an activating group) is 1. The second kappa shape index (κ2) is 5.41. The molecule has 104 valence electrons. The van der Waals surface area contributed by atoms with E-state index >= 15 is 0 Å². The van der Waals surface area contributed by atoms with Gasteiger partial charge in [-0.3, -0.25) is 0 Å². The van der Waals surface area contributed by atoms with Crippen LogP contribution in [0.15, 0.2) is 18.2 Å². The summed E-state index contributed by atoms with van der Waals surface area (Å²) in [5.41, 5.74) is 4.38. The lowest BCUT2D eigenvalue weighted by atomic mass is 10.00. The van der Waals surface area contributed by atoms with Crippen molar-refractivity contribution in [3.63, 3.8) is 0 Å². The zero-order chi connectivity index (χ0) is 13.2. The molecular weight excluding hydrogens is 234 g/mol. The molecular formula is C16H25N3. The number of anilines is 2. The zero-order valence-corrected chi connectivity index (χ0v) is 12.2. The van der Waals surface area contributed by atoms with Gasteiger partial charge < -0.3 is 15.1 Å². The van der Waals surface area contributed by atoms with Crippen LogP contribution >= 0.6 is 0 Å². The van der Waals surface area contributed by atoms with Gasteiger partial charge in [0.1, 0.15) is 0 Å². The molecule has 3 rings (SSSR count).